The molecule has 6 heteroatoms. The summed E-state index contributed by atoms with van der Waals surface area (Å²) in [5.41, 5.74) is 3.06. The number of piperidine rings is 1. The van der Waals surface area contributed by atoms with Crippen LogP contribution in [0.5, 0.6) is 0 Å². The maximum Gasteiger partial charge on any atom is 0.227 e. The molecule has 1 aliphatic heterocycles. The number of fused-ring (bicyclic) bond motifs is 1. The van der Waals surface area contributed by atoms with E-state index < -0.39 is 0 Å². The van der Waals surface area contributed by atoms with E-state index in [9.17, 15) is 4.79 Å². The van der Waals surface area contributed by atoms with Crippen LogP contribution in [0.1, 0.15) is 38.6 Å². The minimum Gasteiger partial charge on any atom is -0.326 e. The number of carbonyl (C=O) groups excluding carboxylic acids is 1. The summed E-state index contributed by atoms with van der Waals surface area (Å²) in [6.07, 6.45) is 5.13. The van der Waals surface area contributed by atoms with Crippen molar-refractivity contribution < 1.29 is 4.79 Å². The lowest BCUT2D eigenvalue weighted by Gasteiger charge is -2.31. The number of nitrogens with one attached hydrogen (secondary N) is 1. The number of hydrogen-bond acceptors (Lipinski definition) is 4. The van der Waals surface area contributed by atoms with Gasteiger partial charge < -0.3 is 9.88 Å². The van der Waals surface area contributed by atoms with Crippen LogP contribution in [-0.2, 0) is 11.3 Å². The van der Waals surface area contributed by atoms with Gasteiger partial charge in [-0.25, -0.2) is 4.98 Å². The first-order chi connectivity index (χ1) is 13.6. The lowest BCUT2D eigenvalue weighted by molar-refractivity contribution is -0.121. The molecule has 1 saturated heterocycles. The second kappa shape index (κ2) is 8.10. The molecule has 146 valence electrons. The molecule has 0 atom stereocenters. The van der Waals surface area contributed by atoms with Crippen molar-refractivity contribution in [2.24, 2.45) is 5.92 Å². The van der Waals surface area contributed by atoms with Crippen molar-refractivity contribution in [1.29, 1.82) is 0 Å². The van der Waals surface area contributed by atoms with Crippen molar-refractivity contribution >= 4 is 22.6 Å². The number of rotatable bonds is 5. The highest BCUT2D eigenvalue weighted by molar-refractivity contribution is 5.92. The van der Waals surface area contributed by atoms with Crippen molar-refractivity contribution in [1.82, 2.24) is 19.4 Å². The van der Waals surface area contributed by atoms with Crippen molar-refractivity contribution in [2.45, 2.75) is 39.3 Å². The van der Waals surface area contributed by atoms with E-state index >= 15 is 0 Å². The van der Waals surface area contributed by atoms with Crippen molar-refractivity contribution in [3.63, 3.8) is 0 Å². The Morgan fingerprint density at radius 3 is 2.57 bits per heavy atom. The van der Waals surface area contributed by atoms with Crippen molar-refractivity contribution in [3.05, 3.63) is 54.6 Å². The summed E-state index contributed by atoms with van der Waals surface area (Å²) in [5.74, 6) is 1.28. The van der Waals surface area contributed by atoms with E-state index in [0.29, 0.717) is 6.04 Å². The largest absolute Gasteiger partial charge is 0.326 e. The summed E-state index contributed by atoms with van der Waals surface area (Å²) < 4.78 is 2.33. The monoisotopic (exact) mass is 377 g/mol. The van der Waals surface area contributed by atoms with E-state index in [-0.39, 0.29) is 11.8 Å². The molecule has 1 aromatic carbocycles. The van der Waals surface area contributed by atoms with Gasteiger partial charge in [0.15, 0.2) is 0 Å². The van der Waals surface area contributed by atoms with E-state index in [2.05, 4.69) is 51.8 Å². The van der Waals surface area contributed by atoms with Crippen LogP contribution >= 0.6 is 0 Å². The fraction of sp³-hybridized carbons (Fsp3) is 0.409. The Morgan fingerprint density at radius 2 is 1.86 bits per heavy atom. The minimum absolute atomic E-state index is 0.0633. The van der Waals surface area contributed by atoms with Gasteiger partial charge in [0.2, 0.25) is 5.91 Å². The molecule has 0 aliphatic carbocycles. The highest BCUT2D eigenvalue weighted by Crippen LogP contribution is 2.25. The van der Waals surface area contributed by atoms with Crippen molar-refractivity contribution in [2.75, 3.05) is 18.4 Å². The molecule has 4 rings (SSSR count). The maximum atomic E-state index is 12.5. The summed E-state index contributed by atoms with van der Waals surface area (Å²) in [5, 5.41) is 3.00. The Hall–Kier alpha value is -2.73. The average Bonchev–Trinajstić information content (AvgIpc) is 3.07. The van der Waals surface area contributed by atoms with E-state index in [4.69, 9.17) is 4.98 Å². The van der Waals surface area contributed by atoms with Gasteiger partial charge in [0, 0.05) is 30.0 Å². The van der Waals surface area contributed by atoms with Crippen LogP contribution in [-0.4, -0.2) is 38.4 Å². The summed E-state index contributed by atoms with van der Waals surface area (Å²) in [6.45, 7) is 7.05. The zero-order valence-corrected chi connectivity index (χ0v) is 16.5. The Morgan fingerprint density at radius 1 is 1.14 bits per heavy atom. The summed E-state index contributed by atoms with van der Waals surface area (Å²) >= 11 is 0. The van der Waals surface area contributed by atoms with Crippen LogP contribution in [0.2, 0.25) is 0 Å². The van der Waals surface area contributed by atoms with Gasteiger partial charge in [0.25, 0.3) is 0 Å². The van der Waals surface area contributed by atoms with Gasteiger partial charge in [0.1, 0.15) is 5.82 Å². The molecule has 1 N–H and O–H groups in total. The first kappa shape index (κ1) is 18.6. The molecule has 0 bridgehead atoms. The topological polar surface area (TPSA) is 63.1 Å². The maximum absolute atomic E-state index is 12.5. The van der Waals surface area contributed by atoms with Gasteiger partial charge in [-0.3, -0.25) is 14.7 Å². The number of aromatic nitrogens is 3. The van der Waals surface area contributed by atoms with Gasteiger partial charge in [-0.2, -0.15) is 0 Å². The molecule has 1 aliphatic rings. The Labute approximate surface area is 165 Å². The van der Waals surface area contributed by atoms with E-state index in [1.54, 1.807) is 12.4 Å². The lowest BCUT2D eigenvalue weighted by Crippen LogP contribution is -2.38. The Bertz CT molecular complexity index is 942. The lowest BCUT2D eigenvalue weighted by atomic mass is 9.96. The zero-order valence-electron chi connectivity index (χ0n) is 16.5. The number of carbonyl (C=O) groups is 1. The van der Waals surface area contributed by atoms with Crippen LogP contribution in [0, 0.1) is 5.92 Å². The molecule has 0 saturated carbocycles. The Balaban J connectivity index is 1.39. The molecule has 1 amide bonds. The third kappa shape index (κ3) is 3.92. The van der Waals surface area contributed by atoms with E-state index in [0.717, 1.165) is 49.5 Å². The first-order valence-electron chi connectivity index (χ1n) is 10.0. The predicted octanol–water partition coefficient (Wildman–Crippen LogP) is 3.86. The summed E-state index contributed by atoms with van der Waals surface area (Å²) in [7, 11) is 0. The fourth-order valence-electron chi connectivity index (χ4n) is 4.01. The molecule has 6 nitrogen and oxygen atoms in total. The number of amides is 1. The molecule has 1 fully saturated rings. The molecular formula is C22H27N5O. The van der Waals surface area contributed by atoms with Crippen LogP contribution in [0.3, 0.4) is 0 Å². The standard InChI is InChI=1S/C22H27N5O/c1-16(2)27-20-6-4-3-5-19(20)25-21(27)15-26-13-9-17(10-14-26)22(28)24-18-7-11-23-12-8-18/h3-8,11-12,16-17H,9-10,13-15H2,1-2H3,(H,23,24,28). The van der Waals surface area contributed by atoms with Gasteiger partial charge in [-0.1, -0.05) is 12.1 Å². The highest BCUT2D eigenvalue weighted by Gasteiger charge is 2.26. The molecule has 3 aromatic rings. The van der Waals surface area contributed by atoms with Crippen LogP contribution in [0.4, 0.5) is 5.69 Å². The summed E-state index contributed by atoms with van der Waals surface area (Å²) in [6, 6.07) is 12.3. The second-order valence-electron chi connectivity index (χ2n) is 7.76. The zero-order chi connectivity index (χ0) is 19.5. The van der Waals surface area contributed by atoms with Gasteiger partial charge in [-0.05, 0) is 64.0 Å². The van der Waals surface area contributed by atoms with Crippen LogP contribution in [0.25, 0.3) is 11.0 Å². The molecule has 0 unspecified atom stereocenters. The second-order valence-corrected chi connectivity index (χ2v) is 7.76. The molecule has 2 aromatic heterocycles. The quantitative estimate of drug-likeness (QED) is 0.733. The number of anilines is 1. The predicted molar refractivity (Wildman–Crippen MR) is 111 cm³/mol. The van der Waals surface area contributed by atoms with Crippen LogP contribution in [0.15, 0.2) is 48.8 Å². The fourth-order valence-corrected chi connectivity index (χ4v) is 4.01. The average molecular weight is 377 g/mol. The van der Waals surface area contributed by atoms with Crippen LogP contribution < -0.4 is 5.32 Å². The number of imidazole rings is 1. The Kier molecular flexibility index (Phi) is 5.39. The molecular weight excluding hydrogens is 350 g/mol. The van der Waals surface area contributed by atoms with E-state index in [1.807, 2.05) is 18.2 Å². The number of para-hydroxylation sites is 2. The van der Waals surface area contributed by atoms with Crippen molar-refractivity contribution in [3.8, 4) is 0 Å². The van der Waals surface area contributed by atoms with Gasteiger partial charge >= 0.3 is 0 Å². The third-order valence-corrected chi connectivity index (χ3v) is 5.46. The number of pyridine rings is 1. The molecule has 0 spiro atoms. The number of benzene rings is 1. The van der Waals surface area contributed by atoms with Gasteiger partial charge in [-0.15, -0.1) is 0 Å². The number of nitrogens with zero attached hydrogens (tertiary/aromatic N) is 4. The SMILES string of the molecule is CC(C)n1c(CN2CCC(C(=O)Nc3ccncc3)CC2)nc2ccccc21. The number of hydrogen-bond donors (Lipinski definition) is 1. The smallest absolute Gasteiger partial charge is 0.227 e. The normalized spacial score (nSPS) is 16.0. The molecule has 28 heavy (non-hydrogen) atoms. The highest BCUT2D eigenvalue weighted by atomic mass is 16.1. The van der Waals surface area contributed by atoms with E-state index in [1.165, 1.54) is 5.52 Å². The minimum atomic E-state index is 0.0633. The summed E-state index contributed by atoms with van der Waals surface area (Å²) in [4.78, 5) is 23.8. The molecule has 3 heterocycles. The molecule has 0 radical (unpaired) electrons. The first-order valence-corrected chi connectivity index (χ1v) is 10.0. The van der Waals surface area contributed by atoms with Gasteiger partial charge in [0.05, 0.1) is 17.6 Å². The number of likely N-dealkylation sites (tertiary alicyclic amines) is 1. The third-order valence-electron chi connectivity index (χ3n) is 5.46.